The molecule has 7 nitrogen and oxygen atoms in total. The lowest BCUT2D eigenvalue weighted by Gasteiger charge is -2.19. The first kappa shape index (κ1) is 23.9. The summed E-state index contributed by atoms with van der Waals surface area (Å²) >= 11 is 0. The Morgan fingerprint density at radius 3 is 1.36 bits per heavy atom. The summed E-state index contributed by atoms with van der Waals surface area (Å²) < 4.78 is 3.90. The Hall–Kier alpha value is -3.87. The van der Waals surface area contributed by atoms with E-state index in [1.807, 2.05) is 51.7 Å². The third kappa shape index (κ3) is 4.19. The summed E-state index contributed by atoms with van der Waals surface area (Å²) in [6.45, 7) is 19.7. The van der Waals surface area contributed by atoms with Gasteiger partial charge in [-0.1, -0.05) is 61.9 Å². The largest absolute Gasteiger partial charge is 0.266 e. The normalized spacial score (nSPS) is 15.7. The standard InChI is InChI=1S/C29H33N7/c1-18-12-20(3)28(21(4)13-18)35-16-26(33(7)31-35)24-10-9-11-25(30-24)27-17-36(32-34(27)8)29-22(5)14-19(2)15-23(29)6/h9-15,31-32H,1-8H3/q+2. The van der Waals surface area contributed by atoms with E-state index in [1.165, 1.54) is 33.4 Å². The van der Waals surface area contributed by atoms with Crippen LogP contribution < -0.4 is 21.1 Å². The Labute approximate surface area is 214 Å². The summed E-state index contributed by atoms with van der Waals surface area (Å²) in [4.78, 5) is 5.00. The molecule has 0 unspecified atom stereocenters. The highest BCUT2D eigenvalue weighted by atomic mass is 15.7. The van der Waals surface area contributed by atoms with E-state index in [4.69, 9.17) is 4.98 Å². The molecule has 0 saturated carbocycles. The Kier molecular flexibility index (Phi) is 5.94. The topological polar surface area (TPSA) is 49.5 Å². The number of pyridine rings is 1. The van der Waals surface area contributed by atoms with Crippen LogP contribution in [0.5, 0.6) is 0 Å². The molecule has 0 amide bonds. The minimum Gasteiger partial charge on any atom is -0.235 e. The maximum absolute atomic E-state index is 5.00. The summed E-state index contributed by atoms with van der Waals surface area (Å²) in [7, 11) is 3.96. The average Bonchev–Trinajstić information content (AvgIpc) is 3.35. The number of hydrazone groups is 2. The van der Waals surface area contributed by atoms with Gasteiger partial charge in [0, 0.05) is 0 Å². The van der Waals surface area contributed by atoms with Crippen molar-refractivity contribution in [1.82, 2.24) is 16.1 Å². The van der Waals surface area contributed by atoms with Gasteiger partial charge in [-0.25, -0.2) is 15.0 Å². The number of hydrazine groups is 4. The predicted octanol–water partition coefficient (Wildman–Crippen LogP) is 3.75. The first-order valence-electron chi connectivity index (χ1n) is 12.1. The van der Waals surface area contributed by atoms with Gasteiger partial charge in [-0.15, -0.1) is 0 Å². The van der Waals surface area contributed by atoms with Gasteiger partial charge in [0.15, 0.2) is 14.1 Å². The zero-order valence-corrected chi connectivity index (χ0v) is 22.3. The second-order valence-corrected chi connectivity index (χ2v) is 9.81. The van der Waals surface area contributed by atoms with E-state index in [-0.39, 0.29) is 0 Å². The van der Waals surface area contributed by atoms with Crippen LogP contribution in [0.4, 0.5) is 11.4 Å². The van der Waals surface area contributed by atoms with E-state index >= 15 is 0 Å². The van der Waals surface area contributed by atoms with Crippen molar-refractivity contribution < 1.29 is 9.37 Å². The number of aryl methyl sites for hydroxylation is 6. The number of nitrogens with one attached hydrogen (secondary N) is 2. The van der Waals surface area contributed by atoms with Crippen molar-refractivity contribution in [3.8, 4) is 0 Å². The van der Waals surface area contributed by atoms with Gasteiger partial charge in [-0.05, 0) is 75.9 Å². The van der Waals surface area contributed by atoms with Crippen molar-refractivity contribution in [3.05, 3.63) is 100 Å². The summed E-state index contributed by atoms with van der Waals surface area (Å²) in [5.41, 5.74) is 19.7. The van der Waals surface area contributed by atoms with Crippen molar-refractivity contribution in [3.63, 3.8) is 0 Å². The van der Waals surface area contributed by atoms with Gasteiger partial charge in [0.2, 0.25) is 13.1 Å². The Balaban J connectivity index is 1.41. The molecule has 3 heterocycles. The quantitative estimate of drug-likeness (QED) is 0.559. The molecule has 2 aliphatic heterocycles. The predicted molar refractivity (Wildman–Crippen MR) is 144 cm³/mol. The third-order valence-corrected chi connectivity index (χ3v) is 6.56. The van der Waals surface area contributed by atoms with E-state index in [0.29, 0.717) is 0 Å². The Bertz CT molecular complexity index is 1280. The van der Waals surface area contributed by atoms with Gasteiger partial charge in [0.1, 0.15) is 11.4 Å². The van der Waals surface area contributed by atoms with Gasteiger partial charge >= 0.3 is 0 Å². The molecular weight excluding hydrogens is 446 g/mol. The molecule has 2 aromatic carbocycles. The van der Waals surface area contributed by atoms with Crippen LogP contribution in [0.25, 0.3) is 0 Å². The van der Waals surface area contributed by atoms with Crippen molar-refractivity contribution in [1.29, 1.82) is 0 Å². The molecule has 3 aromatic rings. The average molecular weight is 480 g/mol. The molecule has 0 spiro atoms. The molecule has 7 heteroatoms. The molecule has 36 heavy (non-hydrogen) atoms. The molecule has 0 atom stereocenters. The van der Waals surface area contributed by atoms with Gasteiger partial charge < -0.3 is 0 Å². The fourth-order valence-corrected chi connectivity index (χ4v) is 5.23. The van der Waals surface area contributed by atoms with Gasteiger partial charge in [-0.2, -0.15) is 0 Å². The number of anilines is 2. The fraction of sp³-hybridized carbons (Fsp3) is 0.276. The molecule has 2 aliphatic rings. The molecule has 5 rings (SSSR count). The monoisotopic (exact) mass is 479 g/mol. The minimum absolute atomic E-state index is 0.830. The Morgan fingerprint density at radius 2 is 1.00 bits per heavy atom. The van der Waals surface area contributed by atoms with Crippen LogP contribution >= 0.6 is 0 Å². The highest BCUT2D eigenvalue weighted by Crippen LogP contribution is 2.29. The number of nitrogens with zero attached hydrogens (tertiary/aromatic N) is 5. The number of benzene rings is 2. The zero-order chi connectivity index (χ0) is 25.7. The van der Waals surface area contributed by atoms with Crippen molar-refractivity contribution in [2.45, 2.75) is 41.5 Å². The summed E-state index contributed by atoms with van der Waals surface area (Å²) in [5.74, 6) is 0. The van der Waals surface area contributed by atoms with Crippen molar-refractivity contribution in [2.24, 2.45) is 0 Å². The van der Waals surface area contributed by atoms with Crippen LogP contribution in [0.2, 0.25) is 0 Å². The molecule has 0 bridgehead atoms. The molecule has 4 radical (unpaired) electrons. The minimum atomic E-state index is 0.830. The van der Waals surface area contributed by atoms with E-state index in [2.05, 4.69) is 90.0 Å². The molecule has 0 saturated heterocycles. The number of hydrogen-bond donors (Lipinski definition) is 2. The van der Waals surface area contributed by atoms with E-state index < -0.39 is 0 Å². The summed E-state index contributed by atoms with van der Waals surface area (Å²) in [6, 6.07) is 14.8. The summed E-state index contributed by atoms with van der Waals surface area (Å²) in [6.07, 6.45) is 0. The Morgan fingerprint density at radius 1 is 0.639 bits per heavy atom. The van der Waals surface area contributed by atoms with Gasteiger partial charge in [0.05, 0.1) is 11.4 Å². The molecular formula is C29H33N7+2. The summed E-state index contributed by atoms with van der Waals surface area (Å²) in [5, 5.41) is 3.90. The van der Waals surface area contributed by atoms with Crippen LogP contribution in [0.1, 0.15) is 44.8 Å². The SMILES string of the molecule is Cc1cc(C)c(N2[C]C(c3cccc(C4=[N+](C)NN(c5c(C)cc(C)cc5C)[C]4)n3)=[N+](C)N2)c(C)c1. The lowest BCUT2D eigenvalue weighted by molar-refractivity contribution is -0.552. The lowest BCUT2D eigenvalue weighted by atomic mass is 10.0. The number of rotatable bonds is 4. The second kappa shape index (κ2) is 8.97. The fourth-order valence-electron chi connectivity index (χ4n) is 5.23. The third-order valence-electron chi connectivity index (χ3n) is 6.56. The molecule has 0 aliphatic carbocycles. The molecule has 1 aromatic heterocycles. The maximum atomic E-state index is 5.00. The number of hydrogen-bond acceptors (Lipinski definition) is 5. The van der Waals surface area contributed by atoms with Gasteiger partial charge in [0.25, 0.3) is 11.4 Å². The van der Waals surface area contributed by atoms with E-state index in [9.17, 15) is 0 Å². The smallest absolute Gasteiger partial charge is 0.235 e. The van der Waals surface area contributed by atoms with Crippen LogP contribution in [-0.4, -0.2) is 39.9 Å². The zero-order valence-electron chi connectivity index (χ0n) is 22.3. The molecule has 2 N–H and O–H groups in total. The highest BCUT2D eigenvalue weighted by Gasteiger charge is 2.36. The number of aromatic nitrogens is 1. The van der Waals surface area contributed by atoms with Crippen LogP contribution in [-0.2, 0) is 0 Å². The first-order chi connectivity index (χ1) is 17.1. The van der Waals surface area contributed by atoms with Crippen LogP contribution in [0.15, 0.2) is 42.5 Å². The lowest BCUT2D eigenvalue weighted by Crippen LogP contribution is -2.35. The molecule has 0 fully saturated rings. The van der Waals surface area contributed by atoms with Gasteiger partial charge in [-0.3, -0.25) is 0 Å². The maximum Gasteiger partial charge on any atom is 0.266 e. The van der Waals surface area contributed by atoms with Crippen LogP contribution in [0, 0.1) is 54.6 Å². The highest BCUT2D eigenvalue weighted by molar-refractivity contribution is 6.07. The van der Waals surface area contributed by atoms with Crippen LogP contribution in [0.3, 0.4) is 0 Å². The van der Waals surface area contributed by atoms with E-state index in [1.54, 1.807) is 0 Å². The van der Waals surface area contributed by atoms with Crippen molar-refractivity contribution in [2.75, 3.05) is 24.1 Å². The second-order valence-electron chi connectivity index (χ2n) is 9.81. The molecule has 182 valence electrons. The van der Waals surface area contributed by atoms with E-state index in [0.717, 1.165) is 34.2 Å². The van der Waals surface area contributed by atoms with Crippen molar-refractivity contribution >= 4 is 22.8 Å². The first-order valence-corrected chi connectivity index (χ1v) is 12.1.